The molecule has 0 aromatic rings. The van der Waals surface area contributed by atoms with Gasteiger partial charge in [-0.3, -0.25) is 5.41 Å². The Morgan fingerprint density at radius 2 is 2.00 bits per heavy atom. The monoisotopic (exact) mass is 165 g/mol. The molecule has 0 radical (unpaired) electrons. The highest BCUT2D eigenvalue weighted by atomic mass is 35.5. The summed E-state index contributed by atoms with van der Waals surface area (Å²) in [7, 11) is 1.54. The van der Waals surface area contributed by atoms with Gasteiger partial charge in [0.2, 0.25) is 0 Å². The molecule has 2 nitrogen and oxygen atoms in total. The van der Waals surface area contributed by atoms with Crippen LogP contribution in [0.4, 0.5) is 0 Å². The van der Waals surface area contributed by atoms with E-state index in [9.17, 15) is 0 Å². The van der Waals surface area contributed by atoms with Crippen molar-refractivity contribution in [2.75, 3.05) is 7.11 Å². The Morgan fingerprint density at radius 3 is 2.30 bits per heavy atom. The fourth-order valence-corrected chi connectivity index (χ4v) is 0.522. The van der Waals surface area contributed by atoms with Gasteiger partial charge in [-0.05, 0) is 12.3 Å². The fourth-order valence-electron chi connectivity index (χ4n) is 0.522. The van der Waals surface area contributed by atoms with Crippen molar-refractivity contribution in [3.8, 4) is 0 Å². The Labute approximate surface area is 68.9 Å². The normalized spacial score (nSPS) is 8.80. The fraction of sp³-hybridized carbons (Fsp3) is 0.857. The molecule has 0 aliphatic rings. The molecule has 10 heavy (non-hydrogen) atoms. The maximum Gasteiger partial charge on any atom is 0.180 e. The van der Waals surface area contributed by atoms with Crippen LogP contribution >= 0.6 is 12.4 Å². The molecule has 0 atom stereocenters. The van der Waals surface area contributed by atoms with Crippen molar-refractivity contribution in [1.82, 2.24) is 0 Å². The van der Waals surface area contributed by atoms with Crippen LogP contribution in [0.3, 0.4) is 0 Å². The van der Waals surface area contributed by atoms with Crippen LogP contribution in [0.25, 0.3) is 0 Å². The van der Waals surface area contributed by atoms with Crippen LogP contribution in [0.2, 0.25) is 0 Å². The minimum Gasteiger partial charge on any atom is -0.484 e. The Hall–Kier alpha value is -0.240. The van der Waals surface area contributed by atoms with Crippen LogP contribution in [-0.2, 0) is 4.74 Å². The summed E-state index contributed by atoms with van der Waals surface area (Å²) in [5, 5.41) is 7.11. The number of nitrogens with one attached hydrogen (secondary N) is 1. The zero-order chi connectivity index (χ0) is 7.28. The minimum atomic E-state index is 0. The lowest BCUT2D eigenvalue weighted by atomic mass is 10.1. The van der Waals surface area contributed by atoms with Crippen molar-refractivity contribution in [3.63, 3.8) is 0 Å². The van der Waals surface area contributed by atoms with Gasteiger partial charge in [0.1, 0.15) is 0 Å². The third-order valence-electron chi connectivity index (χ3n) is 1.20. The van der Waals surface area contributed by atoms with E-state index < -0.39 is 0 Å². The van der Waals surface area contributed by atoms with E-state index in [0.717, 1.165) is 12.8 Å². The van der Waals surface area contributed by atoms with Crippen molar-refractivity contribution >= 4 is 18.3 Å². The quantitative estimate of drug-likeness (QED) is 0.506. The van der Waals surface area contributed by atoms with E-state index in [1.807, 2.05) is 0 Å². The van der Waals surface area contributed by atoms with Crippen LogP contribution in [-0.4, -0.2) is 13.0 Å². The molecule has 0 saturated heterocycles. The molecule has 0 fully saturated rings. The van der Waals surface area contributed by atoms with Gasteiger partial charge in [-0.1, -0.05) is 13.8 Å². The van der Waals surface area contributed by atoms with Crippen molar-refractivity contribution in [2.24, 2.45) is 5.92 Å². The van der Waals surface area contributed by atoms with Crippen molar-refractivity contribution in [3.05, 3.63) is 0 Å². The van der Waals surface area contributed by atoms with Gasteiger partial charge >= 0.3 is 0 Å². The molecule has 0 aromatic heterocycles. The molecule has 0 spiro atoms. The first kappa shape index (κ1) is 12.4. The molecule has 0 rings (SSSR count). The summed E-state index contributed by atoms with van der Waals surface area (Å²) in [6.07, 6.45) is 1.82. The van der Waals surface area contributed by atoms with Crippen molar-refractivity contribution in [1.29, 1.82) is 5.41 Å². The molecule has 0 aliphatic heterocycles. The average molecular weight is 166 g/mol. The molecule has 3 heteroatoms. The molecule has 0 aliphatic carbocycles. The SMILES string of the molecule is COC(=N)CCC(C)C.Cl. The van der Waals surface area contributed by atoms with Gasteiger partial charge in [0.05, 0.1) is 7.11 Å². The molecule has 0 heterocycles. The average Bonchev–Trinajstić information content (AvgIpc) is 1.83. The van der Waals surface area contributed by atoms with Crippen LogP contribution in [0.15, 0.2) is 0 Å². The second-order valence-electron chi connectivity index (χ2n) is 2.56. The highest BCUT2D eigenvalue weighted by molar-refractivity contribution is 5.85. The topological polar surface area (TPSA) is 33.1 Å². The van der Waals surface area contributed by atoms with Crippen molar-refractivity contribution in [2.45, 2.75) is 26.7 Å². The van der Waals surface area contributed by atoms with E-state index in [-0.39, 0.29) is 12.4 Å². The first-order chi connectivity index (χ1) is 4.16. The molecule has 0 saturated carbocycles. The second-order valence-corrected chi connectivity index (χ2v) is 2.56. The Kier molecular flexibility index (Phi) is 8.55. The van der Waals surface area contributed by atoms with E-state index in [1.165, 1.54) is 0 Å². The lowest BCUT2D eigenvalue weighted by Gasteiger charge is -2.03. The van der Waals surface area contributed by atoms with Crippen LogP contribution in [0.5, 0.6) is 0 Å². The summed E-state index contributed by atoms with van der Waals surface area (Å²) in [6.45, 7) is 4.28. The van der Waals surface area contributed by atoms with Gasteiger partial charge in [-0.25, -0.2) is 0 Å². The van der Waals surface area contributed by atoms with Gasteiger partial charge in [0.15, 0.2) is 5.90 Å². The number of ether oxygens (including phenoxy) is 1. The Bertz CT molecular complexity index is 93.6. The second kappa shape index (κ2) is 6.87. The smallest absolute Gasteiger partial charge is 0.180 e. The summed E-state index contributed by atoms with van der Waals surface area (Å²) in [5.41, 5.74) is 0. The number of halogens is 1. The van der Waals surface area contributed by atoms with E-state index in [1.54, 1.807) is 7.11 Å². The standard InChI is InChI=1S/C7H15NO.ClH/c1-6(2)4-5-7(8)9-3;/h6,8H,4-5H2,1-3H3;1H. The zero-order valence-corrected chi connectivity index (χ0v) is 7.62. The van der Waals surface area contributed by atoms with E-state index in [2.05, 4.69) is 18.6 Å². The lowest BCUT2D eigenvalue weighted by molar-refractivity contribution is 0.379. The third kappa shape index (κ3) is 7.76. The van der Waals surface area contributed by atoms with Crippen LogP contribution in [0.1, 0.15) is 26.7 Å². The van der Waals surface area contributed by atoms with E-state index >= 15 is 0 Å². The number of hydrogen-bond donors (Lipinski definition) is 1. The van der Waals surface area contributed by atoms with Crippen molar-refractivity contribution < 1.29 is 4.74 Å². The maximum absolute atomic E-state index is 7.11. The molecule has 0 aromatic carbocycles. The molecule has 0 unspecified atom stereocenters. The summed E-state index contributed by atoms with van der Waals surface area (Å²) >= 11 is 0. The van der Waals surface area contributed by atoms with Gasteiger partial charge in [-0.2, -0.15) is 0 Å². The first-order valence-corrected chi connectivity index (χ1v) is 3.28. The summed E-state index contributed by atoms with van der Waals surface area (Å²) in [5.74, 6) is 1.06. The van der Waals surface area contributed by atoms with Crippen LogP contribution in [0, 0.1) is 11.3 Å². The molecule has 0 amide bonds. The number of hydrogen-bond acceptors (Lipinski definition) is 2. The summed E-state index contributed by atoms with van der Waals surface area (Å²) < 4.78 is 4.68. The first-order valence-electron chi connectivity index (χ1n) is 3.28. The predicted octanol–water partition coefficient (Wildman–Crippen LogP) is 2.47. The molecule has 0 bridgehead atoms. The van der Waals surface area contributed by atoms with Gasteiger partial charge < -0.3 is 4.74 Å². The molecular formula is C7H16ClNO. The molecule has 62 valence electrons. The summed E-state index contributed by atoms with van der Waals surface area (Å²) in [4.78, 5) is 0. The Morgan fingerprint density at radius 1 is 1.50 bits per heavy atom. The van der Waals surface area contributed by atoms with E-state index in [0.29, 0.717) is 11.8 Å². The van der Waals surface area contributed by atoms with Crippen LogP contribution < -0.4 is 0 Å². The maximum atomic E-state index is 7.11. The third-order valence-corrected chi connectivity index (χ3v) is 1.20. The summed E-state index contributed by atoms with van der Waals surface area (Å²) in [6, 6.07) is 0. The van der Waals surface area contributed by atoms with Gasteiger partial charge in [0.25, 0.3) is 0 Å². The number of methoxy groups -OCH3 is 1. The molecular weight excluding hydrogens is 150 g/mol. The molecule has 1 N–H and O–H groups in total. The largest absolute Gasteiger partial charge is 0.484 e. The van der Waals surface area contributed by atoms with Gasteiger partial charge in [-0.15, -0.1) is 12.4 Å². The Balaban J connectivity index is 0. The van der Waals surface area contributed by atoms with Gasteiger partial charge in [0, 0.05) is 6.42 Å². The zero-order valence-electron chi connectivity index (χ0n) is 6.81. The minimum absolute atomic E-state index is 0. The van der Waals surface area contributed by atoms with E-state index in [4.69, 9.17) is 5.41 Å². The number of rotatable bonds is 3. The lowest BCUT2D eigenvalue weighted by Crippen LogP contribution is -2.00. The highest BCUT2D eigenvalue weighted by Crippen LogP contribution is 2.03. The predicted molar refractivity (Wildman–Crippen MR) is 46.1 cm³/mol. The highest BCUT2D eigenvalue weighted by Gasteiger charge is 1.97.